The van der Waals surface area contributed by atoms with E-state index in [1.165, 1.54) is 6.92 Å². The number of rotatable bonds is 3. The number of anilines is 3. The van der Waals surface area contributed by atoms with E-state index in [0.29, 0.717) is 29.9 Å². The molecule has 1 amide bonds. The van der Waals surface area contributed by atoms with Crippen molar-refractivity contribution in [2.24, 2.45) is 0 Å². The quantitative estimate of drug-likeness (QED) is 0.749. The van der Waals surface area contributed by atoms with E-state index in [-0.39, 0.29) is 5.91 Å². The molecule has 2 rings (SSSR count). The van der Waals surface area contributed by atoms with Crippen LogP contribution in [-0.4, -0.2) is 18.1 Å². The highest BCUT2D eigenvalue weighted by Crippen LogP contribution is 2.32. The van der Waals surface area contributed by atoms with Crippen LogP contribution in [0, 0.1) is 0 Å². The number of hydrogen-bond acceptors (Lipinski definition) is 3. The molecule has 1 heterocycles. The van der Waals surface area contributed by atoms with Crippen molar-refractivity contribution >= 4 is 23.0 Å². The molecule has 4 N–H and O–H groups in total. The molecule has 0 saturated heterocycles. The second-order valence-electron chi connectivity index (χ2n) is 5.01. The average Bonchev–Trinajstić information content (AvgIpc) is 2.28. The molecule has 0 aromatic heterocycles. The van der Waals surface area contributed by atoms with Crippen LogP contribution in [-0.2, 0) is 11.2 Å². The fourth-order valence-corrected chi connectivity index (χ4v) is 2.23. The molecule has 20 heavy (non-hydrogen) atoms. The fraction of sp³-hybridized carbons (Fsp3) is 0.462. The van der Waals surface area contributed by atoms with Gasteiger partial charge in [0.05, 0.1) is 17.8 Å². The Balaban J connectivity index is 2.15. The second kappa shape index (κ2) is 5.22. The van der Waals surface area contributed by atoms with Crippen molar-refractivity contribution in [1.29, 1.82) is 0 Å². The van der Waals surface area contributed by atoms with Gasteiger partial charge in [0, 0.05) is 18.2 Å². The van der Waals surface area contributed by atoms with Crippen LogP contribution in [0.2, 0.25) is 0 Å². The summed E-state index contributed by atoms with van der Waals surface area (Å²) >= 11 is 0. The van der Waals surface area contributed by atoms with Gasteiger partial charge in [-0.05, 0) is 31.0 Å². The molecule has 110 valence electrons. The van der Waals surface area contributed by atoms with E-state index in [9.17, 15) is 18.0 Å². The van der Waals surface area contributed by atoms with E-state index < -0.39 is 18.6 Å². The Labute approximate surface area is 114 Å². The first-order chi connectivity index (χ1) is 9.24. The third-order valence-electron chi connectivity index (χ3n) is 3.11. The standard InChI is InChI=1S/C13H16F3N3O/c1-7(6-13(14,15)16)18-11-4-8-2-3-12(20)19-10(8)5-9(11)17/h4-5,7,18H,2-3,6,17H2,1H3,(H,19,20). The number of fused-ring (bicyclic) bond motifs is 1. The van der Waals surface area contributed by atoms with Gasteiger partial charge in [-0.2, -0.15) is 13.2 Å². The highest BCUT2D eigenvalue weighted by molar-refractivity contribution is 5.95. The first kappa shape index (κ1) is 14.5. The monoisotopic (exact) mass is 287 g/mol. The van der Waals surface area contributed by atoms with Gasteiger partial charge in [0.25, 0.3) is 0 Å². The van der Waals surface area contributed by atoms with Gasteiger partial charge >= 0.3 is 6.18 Å². The molecule has 1 aromatic carbocycles. The van der Waals surface area contributed by atoms with Gasteiger partial charge in [0.15, 0.2) is 0 Å². The van der Waals surface area contributed by atoms with Crippen LogP contribution in [0.5, 0.6) is 0 Å². The molecule has 0 bridgehead atoms. The number of alkyl halides is 3. The maximum atomic E-state index is 12.3. The minimum Gasteiger partial charge on any atom is -0.397 e. The molecule has 0 fully saturated rings. The number of hydrogen-bond donors (Lipinski definition) is 3. The predicted octanol–water partition coefficient (Wildman–Crippen LogP) is 2.91. The van der Waals surface area contributed by atoms with Crippen molar-refractivity contribution in [3.05, 3.63) is 17.7 Å². The summed E-state index contributed by atoms with van der Waals surface area (Å²) in [6.45, 7) is 1.45. The number of carbonyl (C=O) groups excluding carboxylic acids is 1. The van der Waals surface area contributed by atoms with E-state index in [1.807, 2.05) is 0 Å². The zero-order valence-corrected chi connectivity index (χ0v) is 11.0. The van der Waals surface area contributed by atoms with Crippen LogP contribution in [0.1, 0.15) is 25.3 Å². The lowest BCUT2D eigenvalue weighted by atomic mass is 10.0. The topological polar surface area (TPSA) is 67.2 Å². The summed E-state index contributed by atoms with van der Waals surface area (Å²) in [5.74, 6) is -0.0805. The van der Waals surface area contributed by atoms with Gasteiger partial charge in [0.1, 0.15) is 0 Å². The molecular formula is C13H16F3N3O. The second-order valence-corrected chi connectivity index (χ2v) is 5.01. The zero-order valence-electron chi connectivity index (χ0n) is 11.0. The summed E-state index contributed by atoms with van der Waals surface area (Å²) in [5, 5.41) is 5.46. The molecule has 0 saturated carbocycles. The summed E-state index contributed by atoms with van der Waals surface area (Å²) in [5.41, 5.74) is 8.10. The van der Waals surface area contributed by atoms with Crippen LogP contribution >= 0.6 is 0 Å². The lowest BCUT2D eigenvalue weighted by Gasteiger charge is -2.22. The Morgan fingerprint density at radius 2 is 2.10 bits per heavy atom. The largest absolute Gasteiger partial charge is 0.397 e. The first-order valence-corrected chi connectivity index (χ1v) is 6.30. The van der Waals surface area contributed by atoms with Gasteiger partial charge in [-0.15, -0.1) is 0 Å². The van der Waals surface area contributed by atoms with Crippen LogP contribution in [0.15, 0.2) is 12.1 Å². The SMILES string of the molecule is CC(CC(F)(F)F)Nc1cc2c(cc1N)NC(=O)CC2. The van der Waals surface area contributed by atoms with Crippen molar-refractivity contribution in [2.45, 2.75) is 38.4 Å². The third kappa shape index (κ3) is 3.55. The highest BCUT2D eigenvalue weighted by atomic mass is 19.4. The summed E-state index contributed by atoms with van der Waals surface area (Å²) in [6, 6.07) is 2.51. The summed E-state index contributed by atoms with van der Waals surface area (Å²) in [7, 11) is 0. The Morgan fingerprint density at radius 3 is 2.75 bits per heavy atom. The van der Waals surface area contributed by atoms with Crippen LogP contribution in [0.25, 0.3) is 0 Å². The number of halogens is 3. The van der Waals surface area contributed by atoms with Crippen molar-refractivity contribution in [2.75, 3.05) is 16.4 Å². The van der Waals surface area contributed by atoms with Gasteiger partial charge in [-0.1, -0.05) is 0 Å². The van der Waals surface area contributed by atoms with Crippen LogP contribution in [0.4, 0.5) is 30.2 Å². The van der Waals surface area contributed by atoms with Crippen molar-refractivity contribution in [1.82, 2.24) is 0 Å². The Kier molecular flexibility index (Phi) is 3.78. The predicted molar refractivity (Wildman–Crippen MR) is 71.6 cm³/mol. The number of nitrogens with one attached hydrogen (secondary N) is 2. The Hall–Kier alpha value is -1.92. The molecule has 1 aliphatic heterocycles. The number of nitrogen functional groups attached to an aromatic ring is 1. The van der Waals surface area contributed by atoms with E-state index in [2.05, 4.69) is 10.6 Å². The van der Waals surface area contributed by atoms with Crippen molar-refractivity contribution in [3.63, 3.8) is 0 Å². The minimum atomic E-state index is -4.22. The van der Waals surface area contributed by atoms with Crippen molar-refractivity contribution in [3.8, 4) is 0 Å². The lowest BCUT2D eigenvalue weighted by molar-refractivity contribution is -0.136. The third-order valence-corrected chi connectivity index (χ3v) is 3.11. The molecule has 0 radical (unpaired) electrons. The lowest BCUT2D eigenvalue weighted by Crippen LogP contribution is -2.25. The number of amides is 1. The number of benzene rings is 1. The Bertz CT molecular complexity index is 528. The van der Waals surface area contributed by atoms with Crippen LogP contribution in [0.3, 0.4) is 0 Å². The zero-order chi connectivity index (χ0) is 14.9. The number of aryl methyl sites for hydroxylation is 1. The number of carbonyl (C=O) groups is 1. The molecule has 0 spiro atoms. The molecule has 1 aromatic rings. The minimum absolute atomic E-state index is 0.0805. The van der Waals surface area contributed by atoms with Gasteiger partial charge in [-0.25, -0.2) is 0 Å². The van der Waals surface area contributed by atoms with E-state index in [1.54, 1.807) is 12.1 Å². The Morgan fingerprint density at radius 1 is 1.40 bits per heavy atom. The molecule has 1 aliphatic rings. The average molecular weight is 287 g/mol. The van der Waals surface area contributed by atoms with E-state index >= 15 is 0 Å². The van der Waals surface area contributed by atoms with E-state index in [0.717, 1.165) is 5.56 Å². The molecule has 1 atom stereocenters. The smallest absolute Gasteiger partial charge is 0.391 e. The van der Waals surface area contributed by atoms with E-state index in [4.69, 9.17) is 5.73 Å². The summed E-state index contributed by atoms with van der Waals surface area (Å²) in [4.78, 5) is 11.3. The normalized spacial score (nSPS) is 16.3. The highest BCUT2D eigenvalue weighted by Gasteiger charge is 2.30. The van der Waals surface area contributed by atoms with Crippen molar-refractivity contribution < 1.29 is 18.0 Å². The van der Waals surface area contributed by atoms with Gasteiger partial charge in [0.2, 0.25) is 5.91 Å². The summed E-state index contributed by atoms with van der Waals surface area (Å²) < 4.78 is 36.9. The van der Waals surface area contributed by atoms with Crippen LogP contribution < -0.4 is 16.4 Å². The maximum Gasteiger partial charge on any atom is 0.391 e. The number of nitrogens with two attached hydrogens (primary N) is 1. The molecule has 4 nitrogen and oxygen atoms in total. The molecular weight excluding hydrogens is 271 g/mol. The molecule has 1 unspecified atom stereocenters. The van der Waals surface area contributed by atoms with Gasteiger partial charge < -0.3 is 16.4 Å². The maximum absolute atomic E-state index is 12.3. The fourth-order valence-electron chi connectivity index (χ4n) is 2.23. The first-order valence-electron chi connectivity index (χ1n) is 6.30. The molecule has 7 heteroatoms. The summed E-state index contributed by atoms with van der Waals surface area (Å²) in [6.07, 6.45) is -4.22. The van der Waals surface area contributed by atoms with Gasteiger partial charge in [-0.3, -0.25) is 4.79 Å². The molecule has 0 aliphatic carbocycles.